The van der Waals surface area contributed by atoms with Crippen LogP contribution in [0.3, 0.4) is 0 Å². The van der Waals surface area contributed by atoms with Gasteiger partial charge in [-0.15, -0.1) is 11.3 Å². The van der Waals surface area contributed by atoms with Crippen LogP contribution in [0, 0.1) is 0 Å². The Morgan fingerprint density at radius 1 is 1.20 bits per heavy atom. The van der Waals surface area contributed by atoms with Gasteiger partial charge < -0.3 is 4.42 Å². The van der Waals surface area contributed by atoms with E-state index in [1.807, 2.05) is 17.5 Å². The van der Waals surface area contributed by atoms with E-state index in [2.05, 4.69) is 15.8 Å². The van der Waals surface area contributed by atoms with E-state index in [0.717, 1.165) is 15.6 Å². The Morgan fingerprint density at radius 3 is 2.72 bits per heavy atom. The molecule has 0 aliphatic heterocycles. The summed E-state index contributed by atoms with van der Waals surface area (Å²) in [5.74, 6) is -0.595. The third kappa shape index (κ3) is 4.85. The van der Waals surface area contributed by atoms with Gasteiger partial charge in [0, 0.05) is 16.0 Å². The van der Waals surface area contributed by atoms with Crippen LogP contribution in [0.25, 0.3) is 11.3 Å². The third-order valence-corrected chi connectivity index (χ3v) is 5.28. The van der Waals surface area contributed by atoms with Crippen LogP contribution in [0.5, 0.6) is 0 Å². The predicted molar refractivity (Wildman–Crippen MR) is 97.6 cm³/mol. The Hall–Kier alpha value is -2.29. The average Bonchev–Trinajstić information content (AvgIpc) is 3.30. The van der Waals surface area contributed by atoms with Gasteiger partial charge in [-0.25, -0.2) is 4.98 Å². The smallest absolute Gasteiger partial charge is 0.305 e. The molecule has 0 atom stereocenters. The van der Waals surface area contributed by atoms with Gasteiger partial charge in [0.15, 0.2) is 10.1 Å². The molecule has 128 valence electrons. The molecular formula is C16H12ClN3O3S2. The van der Waals surface area contributed by atoms with Crippen LogP contribution in [0.15, 0.2) is 56.8 Å². The first-order chi connectivity index (χ1) is 12.1. The van der Waals surface area contributed by atoms with Crippen LogP contribution in [-0.2, 0) is 4.79 Å². The van der Waals surface area contributed by atoms with Gasteiger partial charge >= 0.3 is 5.91 Å². The summed E-state index contributed by atoms with van der Waals surface area (Å²) in [5.41, 5.74) is 6.40. The van der Waals surface area contributed by atoms with Gasteiger partial charge in [-0.2, -0.15) is 0 Å². The molecule has 0 saturated carbocycles. The number of thioether (sulfide) groups is 1. The number of nitrogens with zero attached hydrogens (tertiary/aromatic N) is 1. The minimum Gasteiger partial charge on any atom is -0.459 e. The maximum atomic E-state index is 11.8. The molecule has 9 heteroatoms. The molecule has 0 saturated heterocycles. The number of hydrogen-bond acceptors (Lipinski definition) is 6. The number of hydrazine groups is 1. The van der Waals surface area contributed by atoms with Crippen molar-refractivity contribution in [2.75, 3.05) is 5.75 Å². The lowest BCUT2D eigenvalue weighted by atomic mass is 10.2. The molecule has 2 aromatic heterocycles. The molecule has 3 aromatic rings. The molecule has 0 spiro atoms. The van der Waals surface area contributed by atoms with Gasteiger partial charge in [0.05, 0.1) is 17.7 Å². The number of carbonyl (C=O) groups excluding carboxylic acids is 2. The van der Waals surface area contributed by atoms with E-state index in [4.69, 9.17) is 16.0 Å². The van der Waals surface area contributed by atoms with Crippen LogP contribution >= 0.6 is 34.7 Å². The molecular weight excluding hydrogens is 382 g/mol. The largest absolute Gasteiger partial charge is 0.459 e. The molecule has 1 aromatic carbocycles. The Balaban J connectivity index is 1.48. The van der Waals surface area contributed by atoms with Gasteiger partial charge in [0.25, 0.3) is 0 Å². The summed E-state index contributed by atoms with van der Waals surface area (Å²) in [6.07, 6.45) is 1.38. The second kappa shape index (κ2) is 8.19. The van der Waals surface area contributed by atoms with E-state index in [1.165, 1.54) is 35.4 Å². The number of aromatic nitrogens is 1. The Labute approximate surface area is 156 Å². The number of carbonyl (C=O) groups is 2. The van der Waals surface area contributed by atoms with E-state index in [1.54, 1.807) is 18.2 Å². The van der Waals surface area contributed by atoms with Crippen LogP contribution < -0.4 is 10.9 Å². The fraction of sp³-hybridized carbons (Fsp3) is 0.0625. The molecule has 0 bridgehead atoms. The Kier molecular flexibility index (Phi) is 5.75. The number of hydrogen-bond donors (Lipinski definition) is 2. The van der Waals surface area contributed by atoms with Crippen molar-refractivity contribution >= 4 is 46.5 Å². The summed E-state index contributed by atoms with van der Waals surface area (Å²) in [6, 6.07) is 10.5. The van der Waals surface area contributed by atoms with Gasteiger partial charge in [0.2, 0.25) is 5.91 Å². The summed E-state index contributed by atoms with van der Waals surface area (Å²) in [5, 5.41) is 2.59. The van der Waals surface area contributed by atoms with Gasteiger partial charge in [-0.05, 0) is 24.3 Å². The zero-order chi connectivity index (χ0) is 17.6. The van der Waals surface area contributed by atoms with Crippen LogP contribution in [-0.4, -0.2) is 22.6 Å². The third-order valence-electron chi connectivity index (χ3n) is 3.01. The molecule has 2 N–H and O–H groups in total. The van der Waals surface area contributed by atoms with Crippen molar-refractivity contribution in [3.05, 3.63) is 58.8 Å². The summed E-state index contributed by atoms with van der Waals surface area (Å²) >= 11 is 8.61. The van der Waals surface area contributed by atoms with Crippen molar-refractivity contribution in [1.82, 2.24) is 15.8 Å². The molecule has 0 aliphatic carbocycles. The van der Waals surface area contributed by atoms with Gasteiger partial charge in [0.1, 0.15) is 0 Å². The molecule has 0 radical (unpaired) electrons. The van der Waals surface area contributed by atoms with Crippen molar-refractivity contribution in [2.24, 2.45) is 0 Å². The molecule has 0 unspecified atom stereocenters. The van der Waals surface area contributed by atoms with E-state index < -0.39 is 5.91 Å². The standard InChI is InChI=1S/C16H12ClN3O3S2/c17-11-5-3-10(4-6-11)12-8-24-16(18-12)25-9-14(21)19-20-15(22)13-2-1-7-23-13/h1-8H,9H2,(H,19,21)(H,20,22). The minimum absolute atomic E-state index is 0.125. The molecule has 2 heterocycles. The number of nitrogens with one attached hydrogen (secondary N) is 2. The maximum absolute atomic E-state index is 11.8. The van der Waals surface area contributed by atoms with E-state index in [-0.39, 0.29) is 17.4 Å². The highest BCUT2D eigenvalue weighted by Crippen LogP contribution is 2.28. The van der Waals surface area contributed by atoms with E-state index in [0.29, 0.717) is 5.02 Å². The number of amides is 2. The van der Waals surface area contributed by atoms with Crippen molar-refractivity contribution < 1.29 is 14.0 Å². The van der Waals surface area contributed by atoms with Crippen molar-refractivity contribution in [3.8, 4) is 11.3 Å². The van der Waals surface area contributed by atoms with Crippen molar-refractivity contribution in [1.29, 1.82) is 0 Å². The Morgan fingerprint density at radius 2 is 2.00 bits per heavy atom. The number of thiazole rings is 1. The minimum atomic E-state index is -0.511. The van der Waals surface area contributed by atoms with Gasteiger partial charge in [-0.1, -0.05) is 35.5 Å². The van der Waals surface area contributed by atoms with Crippen LogP contribution in [0.4, 0.5) is 0 Å². The number of rotatable bonds is 5. The van der Waals surface area contributed by atoms with Gasteiger partial charge in [-0.3, -0.25) is 20.4 Å². The lowest BCUT2D eigenvalue weighted by Gasteiger charge is -2.04. The fourth-order valence-electron chi connectivity index (χ4n) is 1.84. The zero-order valence-electron chi connectivity index (χ0n) is 12.7. The Bertz CT molecular complexity index is 863. The molecule has 3 rings (SSSR count). The normalized spacial score (nSPS) is 10.4. The maximum Gasteiger partial charge on any atom is 0.305 e. The quantitative estimate of drug-likeness (QED) is 0.511. The highest BCUT2D eigenvalue weighted by molar-refractivity contribution is 8.01. The average molecular weight is 394 g/mol. The second-order valence-corrected chi connectivity index (χ2v) is 7.29. The molecule has 0 aliphatic rings. The molecule has 6 nitrogen and oxygen atoms in total. The fourth-order valence-corrected chi connectivity index (χ4v) is 3.60. The number of halogens is 1. The van der Waals surface area contributed by atoms with Crippen molar-refractivity contribution in [3.63, 3.8) is 0 Å². The number of furan rings is 1. The number of benzene rings is 1. The first-order valence-corrected chi connectivity index (χ1v) is 9.33. The summed E-state index contributed by atoms with van der Waals surface area (Å²) in [6.45, 7) is 0. The van der Waals surface area contributed by atoms with E-state index >= 15 is 0 Å². The summed E-state index contributed by atoms with van der Waals surface area (Å²) in [4.78, 5) is 27.9. The second-order valence-electron chi connectivity index (χ2n) is 4.77. The zero-order valence-corrected chi connectivity index (χ0v) is 15.1. The molecule has 25 heavy (non-hydrogen) atoms. The first kappa shape index (κ1) is 17.5. The van der Waals surface area contributed by atoms with E-state index in [9.17, 15) is 9.59 Å². The molecule has 2 amide bonds. The monoisotopic (exact) mass is 393 g/mol. The first-order valence-electron chi connectivity index (χ1n) is 7.09. The predicted octanol–water partition coefficient (Wildman–Crippen LogP) is 3.61. The highest BCUT2D eigenvalue weighted by atomic mass is 35.5. The van der Waals surface area contributed by atoms with Crippen LogP contribution in [0.1, 0.15) is 10.6 Å². The van der Waals surface area contributed by atoms with Crippen molar-refractivity contribution in [2.45, 2.75) is 4.34 Å². The summed E-state index contributed by atoms with van der Waals surface area (Å²) < 4.78 is 5.69. The topological polar surface area (TPSA) is 84.2 Å². The lowest BCUT2D eigenvalue weighted by molar-refractivity contribution is -0.119. The highest BCUT2D eigenvalue weighted by Gasteiger charge is 2.11. The summed E-state index contributed by atoms with van der Waals surface area (Å²) in [7, 11) is 0. The lowest BCUT2D eigenvalue weighted by Crippen LogP contribution is -2.42. The van der Waals surface area contributed by atoms with Crippen LogP contribution in [0.2, 0.25) is 5.02 Å². The molecule has 0 fully saturated rings. The SMILES string of the molecule is O=C(CSc1nc(-c2ccc(Cl)cc2)cs1)NNC(=O)c1ccco1.